The SMILES string of the molecule is COc1ccccc1N1C(=O)/C(=C\c2ccccc2Cl)C(=O)N(c2ccccc2)C1=S. The Hall–Kier alpha value is -3.48. The Morgan fingerprint density at radius 1 is 0.839 bits per heavy atom. The fourth-order valence-electron chi connectivity index (χ4n) is 3.31. The Kier molecular flexibility index (Phi) is 5.84. The van der Waals surface area contributed by atoms with E-state index in [0.717, 1.165) is 0 Å². The summed E-state index contributed by atoms with van der Waals surface area (Å²) in [5.41, 5.74) is 1.49. The normalized spacial score (nSPS) is 15.5. The Balaban J connectivity index is 1.92. The van der Waals surface area contributed by atoms with Crippen LogP contribution in [0.5, 0.6) is 5.75 Å². The van der Waals surface area contributed by atoms with Crippen LogP contribution in [-0.2, 0) is 9.59 Å². The third-order valence-electron chi connectivity index (χ3n) is 4.80. The van der Waals surface area contributed by atoms with Gasteiger partial charge in [0.25, 0.3) is 11.8 Å². The lowest BCUT2D eigenvalue weighted by atomic mass is 10.0. The van der Waals surface area contributed by atoms with E-state index in [9.17, 15) is 9.59 Å². The maximum absolute atomic E-state index is 13.5. The van der Waals surface area contributed by atoms with E-state index >= 15 is 0 Å². The van der Waals surface area contributed by atoms with Crippen LogP contribution in [-0.4, -0.2) is 24.0 Å². The van der Waals surface area contributed by atoms with Gasteiger partial charge in [0, 0.05) is 5.02 Å². The third-order valence-corrected chi connectivity index (χ3v) is 5.50. The number of amides is 2. The summed E-state index contributed by atoms with van der Waals surface area (Å²) in [6.07, 6.45) is 1.49. The molecule has 1 saturated heterocycles. The summed E-state index contributed by atoms with van der Waals surface area (Å²) in [5, 5.41) is 0.473. The van der Waals surface area contributed by atoms with E-state index in [4.69, 9.17) is 28.6 Å². The minimum atomic E-state index is -0.549. The first-order valence-electron chi connectivity index (χ1n) is 9.40. The second-order valence-corrected chi connectivity index (χ2v) is 7.42. The lowest BCUT2D eigenvalue weighted by Crippen LogP contribution is -2.57. The quantitative estimate of drug-likeness (QED) is 0.316. The summed E-state index contributed by atoms with van der Waals surface area (Å²) < 4.78 is 5.44. The van der Waals surface area contributed by atoms with Crippen molar-refractivity contribution >= 4 is 58.2 Å². The number of rotatable bonds is 4. The number of ether oxygens (including phenoxy) is 1. The summed E-state index contributed by atoms with van der Waals surface area (Å²) in [7, 11) is 1.51. The molecule has 154 valence electrons. The molecule has 31 heavy (non-hydrogen) atoms. The van der Waals surface area contributed by atoms with Crippen molar-refractivity contribution in [2.24, 2.45) is 0 Å². The minimum Gasteiger partial charge on any atom is -0.495 e. The van der Waals surface area contributed by atoms with Gasteiger partial charge in [-0.15, -0.1) is 0 Å². The number of thiocarbonyl (C=S) groups is 1. The van der Waals surface area contributed by atoms with Crippen molar-refractivity contribution in [1.29, 1.82) is 0 Å². The van der Waals surface area contributed by atoms with Crippen molar-refractivity contribution in [3.8, 4) is 5.75 Å². The number of nitrogens with zero attached hydrogens (tertiary/aromatic N) is 2. The van der Waals surface area contributed by atoms with E-state index in [1.54, 1.807) is 72.8 Å². The molecule has 0 aliphatic carbocycles. The number of methoxy groups -OCH3 is 1. The van der Waals surface area contributed by atoms with Crippen LogP contribution in [0.4, 0.5) is 11.4 Å². The second-order valence-electron chi connectivity index (χ2n) is 6.65. The fourth-order valence-corrected chi connectivity index (χ4v) is 3.87. The summed E-state index contributed by atoms with van der Waals surface area (Å²) in [6, 6.07) is 23.0. The van der Waals surface area contributed by atoms with Crippen molar-refractivity contribution in [3.05, 3.63) is 95.0 Å². The molecule has 7 heteroatoms. The predicted octanol–water partition coefficient (Wildman–Crippen LogP) is 5.10. The molecule has 0 saturated carbocycles. The van der Waals surface area contributed by atoms with Gasteiger partial charge in [-0.25, -0.2) is 4.90 Å². The first-order valence-corrected chi connectivity index (χ1v) is 10.2. The molecule has 0 N–H and O–H groups in total. The van der Waals surface area contributed by atoms with Gasteiger partial charge in [-0.2, -0.15) is 0 Å². The summed E-state index contributed by atoms with van der Waals surface area (Å²) in [6.45, 7) is 0. The molecule has 5 nitrogen and oxygen atoms in total. The van der Waals surface area contributed by atoms with Gasteiger partial charge in [0.05, 0.1) is 18.5 Å². The number of hydrogen-bond donors (Lipinski definition) is 0. The Morgan fingerprint density at radius 2 is 1.45 bits per heavy atom. The topological polar surface area (TPSA) is 49.9 Å². The molecule has 0 spiro atoms. The van der Waals surface area contributed by atoms with Gasteiger partial charge in [0.1, 0.15) is 11.3 Å². The first kappa shape index (κ1) is 20.8. The minimum absolute atomic E-state index is 0.0435. The van der Waals surface area contributed by atoms with Gasteiger partial charge >= 0.3 is 0 Å². The van der Waals surface area contributed by atoms with E-state index in [1.807, 2.05) is 6.07 Å². The molecule has 0 atom stereocenters. The van der Waals surface area contributed by atoms with Crippen molar-refractivity contribution in [2.45, 2.75) is 0 Å². The van der Waals surface area contributed by atoms with E-state index in [2.05, 4.69) is 0 Å². The van der Waals surface area contributed by atoms with Crippen LogP contribution in [0.1, 0.15) is 5.56 Å². The molecule has 3 aromatic carbocycles. The average molecular weight is 449 g/mol. The molecule has 3 aromatic rings. The van der Waals surface area contributed by atoms with E-state index in [-0.39, 0.29) is 10.7 Å². The van der Waals surface area contributed by atoms with Crippen molar-refractivity contribution in [3.63, 3.8) is 0 Å². The highest BCUT2D eigenvalue weighted by Crippen LogP contribution is 2.35. The van der Waals surface area contributed by atoms with Crippen molar-refractivity contribution in [1.82, 2.24) is 0 Å². The van der Waals surface area contributed by atoms with Gasteiger partial charge in [0.15, 0.2) is 5.11 Å². The number of anilines is 2. The Labute approximate surface area is 190 Å². The van der Waals surface area contributed by atoms with Gasteiger partial charge < -0.3 is 4.74 Å². The number of carbonyl (C=O) groups excluding carboxylic acids is 2. The number of halogens is 1. The number of carbonyl (C=O) groups is 2. The maximum atomic E-state index is 13.5. The summed E-state index contributed by atoms with van der Waals surface area (Å²) in [4.78, 5) is 29.6. The smallest absolute Gasteiger partial charge is 0.270 e. The van der Waals surface area contributed by atoms with E-state index in [1.165, 1.54) is 23.0 Å². The third kappa shape index (κ3) is 3.83. The summed E-state index contributed by atoms with van der Waals surface area (Å²) in [5.74, 6) is -0.614. The van der Waals surface area contributed by atoms with E-state index in [0.29, 0.717) is 27.7 Å². The van der Waals surface area contributed by atoms with Crippen LogP contribution in [0.3, 0.4) is 0 Å². The monoisotopic (exact) mass is 448 g/mol. The van der Waals surface area contributed by atoms with E-state index < -0.39 is 11.8 Å². The van der Waals surface area contributed by atoms with Crippen LogP contribution in [0.15, 0.2) is 84.4 Å². The molecule has 1 fully saturated rings. The lowest BCUT2D eigenvalue weighted by Gasteiger charge is -2.37. The number of para-hydroxylation sites is 3. The average Bonchev–Trinajstić information content (AvgIpc) is 2.79. The van der Waals surface area contributed by atoms with Crippen molar-refractivity contribution in [2.75, 3.05) is 16.9 Å². The highest BCUT2D eigenvalue weighted by atomic mass is 35.5. The van der Waals surface area contributed by atoms with Crippen LogP contribution in [0.2, 0.25) is 5.02 Å². The Bertz CT molecular complexity index is 1210. The fraction of sp³-hybridized carbons (Fsp3) is 0.0417. The standard InChI is InChI=1S/C24H17ClN2O3S/c1-30-21-14-8-7-13-20(21)27-23(29)18(15-16-9-5-6-12-19(16)25)22(28)26(24(27)31)17-10-3-2-4-11-17/h2-15H,1H3/b18-15-. The van der Waals surface area contributed by atoms with Crippen LogP contribution in [0.25, 0.3) is 6.08 Å². The molecule has 0 bridgehead atoms. The van der Waals surface area contributed by atoms with Crippen molar-refractivity contribution < 1.29 is 14.3 Å². The zero-order valence-corrected chi connectivity index (χ0v) is 18.1. The largest absolute Gasteiger partial charge is 0.495 e. The highest BCUT2D eigenvalue weighted by Gasteiger charge is 2.42. The van der Waals surface area contributed by atoms with Gasteiger partial charge in [-0.05, 0) is 54.2 Å². The molecule has 1 heterocycles. The molecule has 1 aliphatic heterocycles. The molecule has 0 aromatic heterocycles. The maximum Gasteiger partial charge on any atom is 0.270 e. The van der Waals surface area contributed by atoms with Gasteiger partial charge in [-0.1, -0.05) is 60.1 Å². The Morgan fingerprint density at radius 3 is 2.16 bits per heavy atom. The van der Waals surface area contributed by atoms with Crippen LogP contribution < -0.4 is 14.5 Å². The molecule has 0 radical (unpaired) electrons. The van der Waals surface area contributed by atoms with Gasteiger partial charge in [0.2, 0.25) is 0 Å². The van der Waals surface area contributed by atoms with Gasteiger partial charge in [-0.3, -0.25) is 14.5 Å². The number of benzene rings is 3. The van der Waals surface area contributed by atoms with Crippen LogP contribution in [0, 0.1) is 0 Å². The molecule has 4 rings (SSSR count). The molecule has 0 unspecified atom stereocenters. The van der Waals surface area contributed by atoms with Crippen LogP contribution >= 0.6 is 23.8 Å². The zero-order valence-electron chi connectivity index (χ0n) is 16.5. The lowest BCUT2D eigenvalue weighted by molar-refractivity contribution is -0.120. The molecular formula is C24H17ClN2O3S. The molecular weight excluding hydrogens is 432 g/mol. The first-order chi connectivity index (χ1) is 15.0. The summed E-state index contributed by atoms with van der Waals surface area (Å²) >= 11 is 11.9. The zero-order chi connectivity index (χ0) is 22.0. The molecule has 1 aliphatic rings. The number of hydrogen-bond acceptors (Lipinski definition) is 4. The second kappa shape index (κ2) is 8.71. The predicted molar refractivity (Wildman–Crippen MR) is 126 cm³/mol. The highest BCUT2D eigenvalue weighted by molar-refractivity contribution is 7.81. The molecule has 2 amide bonds.